The molecule has 1 fully saturated rings. The molecule has 0 N–H and O–H groups in total. The van der Waals surface area contributed by atoms with Gasteiger partial charge in [0.2, 0.25) is 0 Å². The molecule has 4 aromatic rings. The maximum absolute atomic E-state index is 13.4. The number of hydrogen-bond acceptors (Lipinski definition) is 12. The lowest BCUT2D eigenvalue weighted by Crippen LogP contribution is -2.36. The van der Waals surface area contributed by atoms with Crippen LogP contribution >= 0.6 is 0 Å². The molecule has 2 aliphatic carbocycles. The van der Waals surface area contributed by atoms with Crippen molar-refractivity contribution < 1.29 is 47.6 Å². The molecule has 0 atom stereocenters. The van der Waals surface area contributed by atoms with Gasteiger partial charge < -0.3 is 28.4 Å². The molecule has 1 aliphatic heterocycles. The molecule has 0 aromatic heterocycles. The van der Waals surface area contributed by atoms with Gasteiger partial charge in [0.1, 0.15) is 24.7 Å². The van der Waals surface area contributed by atoms with E-state index in [0.717, 1.165) is 0 Å². The molecule has 0 saturated carbocycles. The average Bonchev–Trinajstić information content (AvgIpc) is 3.22. The van der Waals surface area contributed by atoms with Crippen molar-refractivity contribution in [3.8, 4) is 11.5 Å². The molecule has 56 heavy (non-hydrogen) atoms. The van der Waals surface area contributed by atoms with E-state index in [1.54, 1.807) is 84.9 Å². The van der Waals surface area contributed by atoms with Crippen molar-refractivity contribution in [2.75, 3.05) is 105 Å². The summed E-state index contributed by atoms with van der Waals surface area (Å²) in [4.78, 5) is 57.3. The number of ketones is 4. The number of rotatable bonds is 8. The van der Waals surface area contributed by atoms with Gasteiger partial charge in [-0.1, -0.05) is 72.8 Å². The Morgan fingerprint density at radius 2 is 0.714 bits per heavy atom. The lowest BCUT2D eigenvalue weighted by Gasteiger charge is -2.25. The van der Waals surface area contributed by atoms with Crippen LogP contribution in [0, 0.1) is 0 Å². The average molecular weight is 763 g/mol. The normalized spacial score (nSPS) is 17.9. The Hall–Kier alpha value is -5.08. The summed E-state index contributed by atoms with van der Waals surface area (Å²) < 4.78 is 35.8. The van der Waals surface area contributed by atoms with E-state index in [-0.39, 0.29) is 23.1 Å². The molecule has 7 rings (SSSR count). The van der Waals surface area contributed by atoms with Gasteiger partial charge in [0.15, 0.2) is 23.1 Å². The third-order valence-electron chi connectivity index (χ3n) is 10.1. The van der Waals surface area contributed by atoms with Gasteiger partial charge in [0, 0.05) is 72.6 Å². The number of benzene rings is 4. The van der Waals surface area contributed by atoms with Crippen molar-refractivity contribution in [3.63, 3.8) is 0 Å². The third-order valence-corrected chi connectivity index (χ3v) is 10.1. The monoisotopic (exact) mass is 762 g/mol. The van der Waals surface area contributed by atoms with E-state index < -0.39 is 0 Å². The van der Waals surface area contributed by atoms with Crippen molar-refractivity contribution in [2.24, 2.45) is 0 Å². The minimum atomic E-state index is -0.207. The van der Waals surface area contributed by atoms with Gasteiger partial charge in [-0.3, -0.25) is 29.0 Å². The Kier molecular flexibility index (Phi) is 13.4. The van der Waals surface area contributed by atoms with Gasteiger partial charge in [-0.05, 0) is 12.1 Å². The lowest BCUT2D eigenvalue weighted by molar-refractivity contribution is 0.00570. The topological polar surface area (TPSA) is 130 Å². The molecule has 0 radical (unpaired) electrons. The lowest BCUT2D eigenvalue weighted by atomic mass is 9.83. The predicted molar refractivity (Wildman–Crippen MR) is 207 cm³/mol. The highest BCUT2D eigenvalue weighted by molar-refractivity contribution is 6.30. The molecule has 0 unspecified atom stereocenters. The van der Waals surface area contributed by atoms with Crippen molar-refractivity contribution >= 4 is 23.1 Å². The fourth-order valence-corrected chi connectivity index (χ4v) is 7.13. The van der Waals surface area contributed by atoms with Crippen molar-refractivity contribution in [1.82, 2.24) is 9.80 Å². The number of nitrogens with zero attached hydrogens (tertiary/aromatic N) is 2. The molecule has 4 aromatic carbocycles. The maximum atomic E-state index is 13.4. The van der Waals surface area contributed by atoms with Crippen LogP contribution in [0.5, 0.6) is 11.5 Å². The highest BCUT2D eigenvalue weighted by Gasteiger charge is 2.33. The Bertz CT molecular complexity index is 1880. The first-order valence-corrected chi connectivity index (χ1v) is 19.2. The molecule has 292 valence electrons. The Labute approximate surface area is 326 Å². The van der Waals surface area contributed by atoms with Crippen LogP contribution in [-0.4, -0.2) is 138 Å². The molecule has 3 aliphatic rings. The summed E-state index contributed by atoms with van der Waals surface area (Å²) in [6.45, 7) is 8.05. The zero-order chi connectivity index (χ0) is 38.7. The summed E-state index contributed by atoms with van der Waals surface area (Å²) in [5, 5.41) is 0. The second kappa shape index (κ2) is 19.2. The zero-order valence-corrected chi connectivity index (χ0v) is 31.4. The zero-order valence-electron chi connectivity index (χ0n) is 31.4. The minimum absolute atomic E-state index is 0.175. The van der Waals surface area contributed by atoms with Crippen LogP contribution in [0.15, 0.2) is 84.9 Å². The quantitative estimate of drug-likeness (QED) is 0.218. The Balaban J connectivity index is 0.862. The summed E-state index contributed by atoms with van der Waals surface area (Å²) >= 11 is 0. The van der Waals surface area contributed by atoms with Crippen molar-refractivity contribution in [1.29, 1.82) is 0 Å². The van der Waals surface area contributed by atoms with Crippen LogP contribution in [0.1, 0.15) is 63.7 Å². The molecule has 0 spiro atoms. The standard InChI is InChI=1S/C44H46N2O10/c47-41-31-7-1-3-9-33(31)43(49)39-35(41)11-5-13-37(39)55-25-19-45-15-21-51-27-29-53-23-17-46(18-24-54-30-28-52-22-16-45)20-26-56-38-14-6-12-36-40(38)44(50)34-10-4-2-8-32(34)42(36)48/h1-14H,15-30H2. The first kappa shape index (κ1) is 39.2. The number of hydrogen-bond donors (Lipinski definition) is 0. The van der Waals surface area contributed by atoms with Crippen LogP contribution in [0.4, 0.5) is 0 Å². The van der Waals surface area contributed by atoms with Gasteiger partial charge in [0.25, 0.3) is 0 Å². The van der Waals surface area contributed by atoms with E-state index in [2.05, 4.69) is 9.80 Å². The molecule has 12 heteroatoms. The number of fused-ring (bicyclic) bond motifs is 4. The summed E-state index contributed by atoms with van der Waals surface area (Å²) in [6, 6.07) is 24.1. The fourth-order valence-electron chi connectivity index (χ4n) is 7.13. The van der Waals surface area contributed by atoms with Crippen LogP contribution in [0.3, 0.4) is 0 Å². The van der Waals surface area contributed by atoms with Crippen LogP contribution in [-0.2, 0) is 18.9 Å². The smallest absolute Gasteiger partial charge is 0.198 e. The van der Waals surface area contributed by atoms with E-state index in [1.807, 2.05) is 0 Å². The Morgan fingerprint density at radius 3 is 1.07 bits per heavy atom. The van der Waals surface area contributed by atoms with Gasteiger partial charge in [0.05, 0.1) is 64.0 Å². The van der Waals surface area contributed by atoms with E-state index in [4.69, 9.17) is 28.4 Å². The minimum Gasteiger partial charge on any atom is -0.491 e. The van der Waals surface area contributed by atoms with Crippen LogP contribution < -0.4 is 9.47 Å². The van der Waals surface area contributed by atoms with Crippen molar-refractivity contribution in [2.45, 2.75) is 0 Å². The number of carbonyl (C=O) groups excluding carboxylic acids is 4. The SMILES string of the molecule is O=C1c2ccccc2C(=O)c2c(OCCN3CCOCCOCCN(CCOc4cccc5c4C(=O)c4ccccc4C5=O)CCOCCOCC3)cccc21. The van der Waals surface area contributed by atoms with E-state index in [9.17, 15) is 19.2 Å². The first-order chi connectivity index (χ1) is 27.5. The molecular formula is C44H46N2O10. The largest absolute Gasteiger partial charge is 0.491 e. The van der Waals surface area contributed by atoms with E-state index >= 15 is 0 Å². The second-order valence-corrected chi connectivity index (χ2v) is 13.6. The molecular weight excluding hydrogens is 716 g/mol. The van der Waals surface area contributed by atoms with E-state index in [1.165, 1.54) is 0 Å². The molecule has 12 nitrogen and oxygen atoms in total. The fraction of sp³-hybridized carbons (Fsp3) is 0.364. The van der Waals surface area contributed by atoms with Gasteiger partial charge in [-0.2, -0.15) is 0 Å². The second-order valence-electron chi connectivity index (χ2n) is 13.6. The van der Waals surface area contributed by atoms with Crippen molar-refractivity contribution in [3.05, 3.63) is 129 Å². The summed E-state index contributed by atoms with van der Waals surface area (Å²) in [5.41, 5.74) is 2.97. The molecule has 1 heterocycles. The predicted octanol–water partition coefficient (Wildman–Crippen LogP) is 4.38. The summed E-state index contributed by atoms with van der Waals surface area (Å²) in [7, 11) is 0. The van der Waals surface area contributed by atoms with Crippen LogP contribution in [0.2, 0.25) is 0 Å². The summed E-state index contributed by atoms with van der Waals surface area (Å²) in [5.74, 6) is 0.0428. The van der Waals surface area contributed by atoms with Gasteiger partial charge in [-0.25, -0.2) is 0 Å². The van der Waals surface area contributed by atoms with Gasteiger partial charge in [-0.15, -0.1) is 0 Å². The maximum Gasteiger partial charge on any atom is 0.198 e. The first-order valence-electron chi connectivity index (χ1n) is 19.2. The van der Waals surface area contributed by atoms with E-state index in [0.29, 0.717) is 161 Å². The number of carbonyl (C=O) groups is 4. The highest BCUT2D eigenvalue weighted by Crippen LogP contribution is 2.34. The van der Waals surface area contributed by atoms with Crippen LogP contribution in [0.25, 0.3) is 0 Å². The molecule has 1 saturated heterocycles. The summed E-state index contributed by atoms with van der Waals surface area (Å²) in [6.07, 6.45) is 0. The molecule has 0 bridgehead atoms. The highest BCUT2D eigenvalue weighted by atomic mass is 16.5. The van der Waals surface area contributed by atoms with Gasteiger partial charge >= 0.3 is 0 Å². The Morgan fingerprint density at radius 1 is 0.393 bits per heavy atom. The molecule has 0 amide bonds. The number of ether oxygens (including phenoxy) is 6. The third kappa shape index (κ3) is 9.13.